The Bertz CT molecular complexity index is 1450. The lowest BCUT2D eigenvalue weighted by Crippen LogP contribution is -2.02. The number of carboxylic acid groups (broad SMARTS) is 2. The van der Waals surface area contributed by atoms with Crippen molar-refractivity contribution >= 4 is 35.8 Å². The van der Waals surface area contributed by atoms with Crippen LogP contribution in [0.15, 0.2) is 107 Å². The van der Waals surface area contributed by atoms with Gasteiger partial charge in [0.25, 0.3) is 0 Å². The van der Waals surface area contributed by atoms with Gasteiger partial charge in [0.15, 0.2) is 0 Å². The van der Waals surface area contributed by atoms with Gasteiger partial charge in [0.1, 0.15) is 11.5 Å². The molecule has 4 rings (SSSR count). The van der Waals surface area contributed by atoms with Crippen molar-refractivity contribution in [3.05, 3.63) is 97.1 Å². The van der Waals surface area contributed by atoms with Gasteiger partial charge in [-0.1, -0.05) is 107 Å². The van der Waals surface area contributed by atoms with Crippen LogP contribution in [0, 0.1) is 0 Å². The van der Waals surface area contributed by atoms with Crippen LogP contribution < -0.4 is 9.47 Å². The van der Waals surface area contributed by atoms with Crippen LogP contribution in [0.3, 0.4) is 0 Å². The summed E-state index contributed by atoms with van der Waals surface area (Å²) in [5, 5.41) is 17.2. The molecule has 4 aromatic rings. The first-order valence-corrected chi connectivity index (χ1v) is 18.3. The predicted octanol–water partition coefficient (Wildman–Crippen LogP) is 12.6. The van der Waals surface area contributed by atoms with Gasteiger partial charge in [-0.05, 0) is 95.1 Å². The van der Waals surface area contributed by atoms with Crippen molar-refractivity contribution in [3.63, 3.8) is 0 Å². The third kappa shape index (κ3) is 15.0. The standard InChI is InChI=1S/C20H24O3S.C19H22O3S/c1-2-3-4-5-6-15-24-19-13-9-17(10-14-19)16-7-11-18(12-8-16)23-20(21)22;1-2-3-4-5-14-23-18-12-8-16(9-13-18)15-6-10-17(11-7-15)22-19(20)21/h7-14H,2-6,15H2,1H3,(H,21,22);6-13H,2-5,14H2,1H3,(H,20,21). The smallest absolute Gasteiger partial charge is 0.449 e. The molecule has 0 heterocycles. The average molecular weight is 675 g/mol. The molecule has 250 valence electrons. The number of ether oxygens (including phenoxy) is 2. The van der Waals surface area contributed by atoms with Crippen molar-refractivity contribution in [2.24, 2.45) is 0 Å². The molecule has 8 heteroatoms. The zero-order valence-electron chi connectivity index (χ0n) is 27.4. The van der Waals surface area contributed by atoms with E-state index in [0.29, 0.717) is 11.5 Å². The molecule has 0 unspecified atom stereocenters. The quantitative estimate of drug-likeness (QED) is 0.0495. The van der Waals surface area contributed by atoms with E-state index in [4.69, 9.17) is 10.2 Å². The third-order valence-electron chi connectivity index (χ3n) is 7.28. The Hall–Kier alpha value is -3.88. The molecule has 0 saturated heterocycles. The first-order chi connectivity index (χ1) is 22.9. The van der Waals surface area contributed by atoms with Crippen LogP contribution in [0.4, 0.5) is 9.59 Å². The Balaban J connectivity index is 0.000000256. The van der Waals surface area contributed by atoms with E-state index >= 15 is 0 Å². The van der Waals surface area contributed by atoms with Crippen LogP contribution >= 0.6 is 23.5 Å². The number of unbranched alkanes of at least 4 members (excludes halogenated alkanes) is 7. The predicted molar refractivity (Wildman–Crippen MR) is 195 cm³/mol. The Morgan fingerprint density at radius 2 is 0.766 bits per heavy atom. The summed E-state index contributed by atoms with van der Waals surface area (Å²) >= 11 is 3.81. The van der Waals surface area contributed by atoms with E-state index in [1.807, 2.05) is 47.8 Å². The van der Waals surface area contributed by atoms with Gasteiger partial charge in [-0.25, -0.2) is 9.59 Å². The molecule has 0 atom stereocenters. The van der Waals surface area contributed by atoms with E-state index in [9.17, 15) is 9.59 Å². The zero-order chi connectivity index (χ0) is 33.7. The van der Waals surface area contributed by atoms with Gasteiger partial charge in [0, 0.05) is 9.79 Å². The van der Waals surface area contributed by atoms with Gasteiger partial charge in [-0.15, -0.1) is 23.5 Å². The summed E-state index contributed by atoms with van der Waals surface area (Å²) < 4.78 is 9.23. The minimum absolute atomic E-state index is 0.334. The summed E-state index contributed by atoms with van der Waals surface area (Å²) in [6.07, 6.45) is 9.16. The van der Waals surface area contributed by atoms with E-state index in [1.54, 1.807) is 24.3 Å². The Kier molecular flexibility index (Phi) is 17.5. The fourth-order valence-corrected chi connectivity index (χ4v) is 6.56. The van der Waals surface area contributed by atoms with Crippen molar-refractivity contribution in [1.82, 2.24) is 0 Å². The topological polar surface area (TPSA) is 93.1 Å². The first kappa shape index (κ1) is 37.6. The number of thioether (sulfide) groups is 2. The Morgan fingerprint density at radius 3 is 1.09 bits per heavy atom. The van der Waals surface area contributed by atoms with E-state index in [1.165, 1.54) is 79.1 Å². The maximum Gasteiger partial charge on any atom is 0.511 e. The lowest BCUT2D eigenvalue weighted by Gasteiger charge is -2.06. The van der Waals surface area contributed by atoms with Crippen molar-refractivity contribution in [2.75, 3.05) is 11.5 Å². The minimum atomic E-state index is -1.29. The summed E-state index contributed by atoms with van der Waals surface area (Å²) in [4.78, 5) is 23.6. The van der Waals surface area contributed by atoms with Crippen molar-refractivity contribution in [2.45, 2.75) is 81.4 Å². The highest BCUT2D eigenvalue weighted by Crippen LogP contribution is 2.28. The molecule has 2 N–H and O–H groups in total. The van der Waals surface area contributed by atoms with Gasteiger partial charge in [0.2, 0.25) is 0 Å². The molecule has 0 aliphatic heterocycles. The number of carbonyl (C=O) groups is 2. The molecular weight excluding hydrogens is 629 g/mol. The van der Waals surface area contributed by atoms with Crippen LogP contribution in [0.5, 0.6) is 11.5 Å². The van der Waals surface area contributed by atoms with Crippen LogP contribution in [0.2, 0.25) is 0 Å². The zero-order valence-corrected chi connectivity index (χ0v) is 29.0. The number of hydrogen-bond acceptors (Lipinski definition) is 6. The molecule has 0 aromatic heterocycles. The maximum atomic E-state index is 10.5. The van der Waals surface area contributed by atoms with Crippen molar-refractivity contribution in [3.8, 4) is 33.8 Å². The molecule has 4 aromatic carbocycles. The fourth-order valence-electron chi connectivity index (χ4n) is 4.73. The minimum Gasteiger partial charge on any atom is -0.449 e. The monoisotopic (exact) mass is 674 g/mol. The van der Waals surface area contributed by atoms with Crippen molar-refractivity contribution in [1.29, 1.82) is 0 Å². The van der Waals surface area contributed by atoms with E-state index in [-0.39, 0.29) is 0 Å². The number of benzene rings is 4. The summed E-state index contributed by atoms with van der Waals surface area (Å²) in [7, 11) is 0. The van der Waals surface area contributed by atoms with Crippen molar-refractivity contribution < 1.29 is 29.3 Å². The fraction of sp³-hybridized carbons (Fsp3) is 0.333. The molecule has 0 aliphatic rings. The summed E-state index contributed by atoms with van der Waals surface area (Å²) in [6, 6.07) is 31.1. The molecule has 0 fully saturated rings. The van der Waals surface area contributed by atoms with Crippen LogP contribution in [0.25, 0.3) is 22.3 Å². The number of rotatable bonds is 17. The summed E-state index contributed by atoms with van der Waals surface area (Å²) in [6.45, 7) is 4.47. The lowest BCUT2D eigenvalue weighted by atomic mass is 10.1. The number of hydrogen-bond donors (Lipinski definition) is 2. The molecule has 0 radical (unpaired) electrons. The van der Waals surface area contributed by atoms with Crippen LogP contribution in [0.1, 0.15) is 71.6 Å². The second kappa shape index (κ2) is 21.8. The molecule has 6 nitrogen and oxygen atoms in total. The van der Waals surface area contributed by atoms with Gasteiger partial charge in [-0.3, -0.25) is 0 Å². The third-order valence-corrected chi connectivity index (χ3v) is 9.47. The van der Waals surface area contributed by atoms with Gasteiger partial charge in [0.05, 0.1) is 0 Å². The highest BCUT2D eigenvalue weighted by Gasteiger charge is 2.04. The molecule has 0 spiro atoms. The van der Waals surface area contributed by atoms with E-state index < -0.39 is 12.3 Å². The molecular formula is C39H46O6S2. The lowest BCUT2D eigenvalue weighted by molar-refractivity contribution is 0.143. The second-order valence-electron chi connectivity index (χ2n) is 11.0. The van der Waals surface area contributed by atoms with Gasteiger partial charge >= 0.3 is 12.3 Å². The summed E-state index contributed by atoms with van der Waals surface area (Å²) in [5.41, 5.74) is 4.32. The van der Waals surface area contributed by atoms with Gasteiger partial charge < -0.3 is 19.7 Å². The van der Waals surface area contributed by atoms with Crippen LogP contribution in [-0.2, 0) is 0 Å². The summed E-state index contributed by atoms with van der Waals surface area (Å²) in [5.74, 6) is 3.01. The first-order valence-electron chi connectivity index (χ1n) is 16.4. The SMILES string of the molecule is CCCCCCCSc1ccc(-c2ccc(OC(=O)O)cc2)cc1.CCCCCCSc1ccc(-c2ccc(OC(=O)O)cc2)cc1. The van der Waals surface area contributed by atoms with Gasteiger partial charge in [-0.2, -0.15) is 0 Å². The molecule has 0 aliphatic carbocycles. The highest BCUT2D eigenvalue weighted by atomic mass is 32.2. The average Bonchev–Trinajstić information content (AvgIpc) is 3.07. The second-order valence-corrected chi connectivity index (χ2v) is 13.3. The molecule has 0 amide bonds. The Labute approximate surface area is 287 Å². The molecule has 0 bridgehead atoms. The highest BCUT2D eigenvalue weighted by molar-refractivity contribution is 7.99. The maximum absolute atomic E-state index is 10.5. The van der Waals surface area contributed by atoms with E-state index in [2.05, 4.69) is 71.9 Å². The Morgan fingerprint density at radius 1 is 0.468 bits per heavy atom. The van der Waals surface area contributed by atoms with E-state index in [0.717, 1.165) is 22.3 Å². The molecule has 0 saturated carbocycles. The molecule has 47 heavy (non-hydrogen) atoms. The van der Waals surface area contributed by atoms with Crippen LogP contribution in [-0.4, -0.2) is 34.0 Å². The normalized spacial score (nSPS) is 10.5. The largest absolute Gasteiger partial charge is 0.511 e.